The van der Waals surface area contributed by atoms with Crippen LogP contribution in [0.5, 0.6) is 10.9 Å². The Hall–Kier alpha value is -1.95. The van der Waals surface area contributed by atoms with Gasteiger partial charge >= 0.3 is 0 Å². The summed E-state index contributed by atoms with van der Waals surface area (Å²) in [6, 6.07) is 16.1. The van der Waals surface area contributed by atoms with Gasteiger partial charge in [0.05, 0.1) is 16.3 Å². The van der Waals surface area contributed by atoms with Crippen LogP contribution in [-0.4, -0.2) is 34.2 Å². The SMILES string of the molecule is OC1CCN(Cc2ccc(Oc3nc4ccccc4s3)cc2)C1. The van der Waals surface area contributed by atoms with Crippen LogP contribution in [0.15, 0.2) is 48.5 Å². The molecule has 4 rings (SSSR count). The Balaban J connectivity index is 1.43. The molecule has 0 spiro atoms. The molecule has 3 aromatic rings. The molecular formula is C18H18N2O2S. The summed E-state index contributed by atoms with van der Waals surface area (Å²) in [5.74, 6) is 0.800. The number of β-amino-alcohol motifs (C(OH)–C–C–N with tert-alkyl or cyclic N) is 1. The first-order chi connectivity index (χ1) is 11.3. The first-order valence-corrected chi connectivity index (χ1v) is 8.61. The van der Waals surface area contributed by atoms with Gasteiger partial charge in [0.25, 0.3) is 5.19 Å². The number of hydrogen-bond donors (Lipinski definition) is 1. The van der Waals surface area contributed by atoms with Crippen LogP contribution < -0.4 is 4.74 Å². The Morgan fingerprint density at radius 2 is 2.00 bits per heavy atom. The van der Waals surface area contributed by atoms with Gasteiger partial charge in [-0.2, -0.15) is 0 Å². The maximum atomic E-state index is 9.58. The summed E-state index contributed by atoms with van der Waals surface area (Å²) in [7, 11) is 0. The number of aromatic nitrogens is 1. The lowest BCUT2D eigenvalue weighted by Gasteiger charge is -2.14. The Morgan fingerprint density at radius 3 is 2.74 bits per heavy atom. The van der Waals surface area contributed by atoms with Crippen LogP contribution in [-0.2, 0) is 6.54 Å². The van der Waals surface area contributed by atoms with Gasteiger partial charge in [0.2, 0.25) is 0 Å². The van der Waals surface area contributed by atoms with E-state index < -0.39 is 0 Å². The van der Waals surface area contributed by atoms with Gasteiger partial charge in [-0.25, -0.2) is 4.98 Å². The predicted molar refractivity (Wildman–Crippen MR) is 92.0 cm³/mol. The number of hydrogen-bond acceptors (Lipinski definition) is 5. The molecule has 2 heterocycles. The van der Waals surface area contributed by atoms with E-state index >= 15 is 0 Å². The maximum absolute atomic E-state index is 9.58. The van der Waals surface area contributed by atoms with Crippen molar-refractivity contribution in [1.29, 1.82) is 0 Å². The van der Waals surface area contributed by atoms with Crippen molar-refractivity contribution in [1.82, 2.24) is 9.88 Å². The summed E-state index contributed by atoms with van der Waals surface area (Å²) >= 11 is 1.55. The minimum Gasteiger partial charge on any atom is -0.431 e. The van der Waals surface area contributed by atoms with E-state index in [0.717, 1.165) is 42.0 Å². The van der Waals surface area contributed by atoms with E-state index in [-0.39, 0.29) is 6.10 Å². The first kappa shape index (κ1) is 14.6. The van der Waals surface area contributed by atoms with Crippen LogP contribution in [0.3, 0.4) is 0 Å². The largest absolute Gasteiger partial charge is 0.431 e. The molecule has 4 nitrogen and oxygen atoms in total. The summed E-state index contributed by atoms with van der Waals surface area (Å²) in [5, 5.41) is 10.2. The van der Waals surface area contributed by atoms with Gasteiger partial charge in [0, 0.05) is 19.6 Å². The second-order valence-electron chi connectivity index (χ2n) is 5.87. The van der Waals surface area contributed by atoms with E-state index in [9.17, 15) is 5.11 Å². The third-order valence-electron chi connectivity index (χ3n) is 4.06. The molecule has 0 saturated carbocycles. The van der Waals surface area contributed by atoms with Crippen molar-refractivity contribution in [2.75, 3.05) is 13.1 Å². The summed E-state index contributed by atoms with van der Waals surface area (Å²) < 4.78 is 6.99. The quantitative estimate of drug-likeness (QED) is 0.795. The summed E-state index contributed by atoms with van der Waals surface area (Å²) in [6.07, 6.45) is 0.704. The van der Waals surface area contributed by atoms with E-state index in [4.69, 9.17) is 4.74 Å². The first-order valence-electron chi connectivity index (χ1n) is 7.79. The van der Waals surface area contributed by atoms with Crippen molar-refractivity contribution in [2.24, 2.45) is 0 Å². The summed E-state index contributed by atoms with van der Waals surface area (Å²) in [5.41, 5.74) is 2.20. The highest BCUT2D eigenvalue weighted by Crippen LogP contribution is 2.31. The van der Waals surface area contributed by atoms with E-state index in [2.05, 4.69) is 22.0 Å². The van der Waals surface area contributed by atoms with Gasteiger partial charge in [-0.1, -0.05) is 35.6 Å². The lowest BCUT2D eigenvalue weighted by molar-refractivity contribution is 0.175. The number of benzene rings is 2. The van der Waals surface area contributed by atoms with Gasteiger partial charge in [0.1, 0.15) is 5.75 Å². The van der Waals surface area contributed by atoms with Gasteiger partial charge in [-0.3, -0.25) is 4.90 Å². The standard InChI is InChI=1S/C18H18N2O2S/c21-14-9-10-20(12-14)11-13-5-7-15(8-6-13)22-18-19-16-3-1-2-4-17(16)23-18/h1-8,14,21H,9-12H2. The van der Waals surface area contributed by atoms with Crippen LogP contribution in [0.4, 0.5) is 0 Å². The molecule has 1 aliphatic rings. The van der Waals surface area contributed by atoms with Gasteiger partial charge < -0.3 is 9.84 Å². The Morgan fingerprint density at radius 1 is 1.17 bits per heavy atom. The minimum absolute atomic E-state index is 0.170. The number of rotatable bonds is 4. The van der Waals surface area contributed by atoms with E-state index in [1.54, 1.807) is 11.3 Å². The van der Waals surface area contributed by atoms with Crippen LogP contribution in [0.1, 0.15) is 12.0 Å². The number of nitrogens with zero attached hydrogens (tertiary/aromatic N) is 2. The average Bonchev–Trinajstić information content (AvgIpc) is 3.14. The fourth-order valence-electron chi connectivity index (χ4n) is 2.87. The molecule has 1 unspecified atom stereocenters. The number of likely N-dealkylation sites (tertiary alicyclic amines) is 1. The van der Waals surface area contributed by atoms with E-state index in [1.807, 2.05) is 36.4 Å². The van der Waals surface area contributed by atoms with Crippen molar-refractivity contribution < 1.29 is 9.84 Å². The highest BCUT2D eigenvalue weighted by Gasteiger charge is 2.19. The van der Waals surface area contributed by atoms with Crippen LogP contribution >= 0.6 is 11.3 Å². The molecule has 0 amide bonds. The molecule has 0 aliphatic carbocycles. The highest BCUT2D eigenvalue weighted by atomic mass is 32.1. The number of aliphatic hydroxyl groups is 1. The number of fused-ring (bicyclic) bond motifs is 1. The molecule has 2 aromatic carbocycles. The molecule has 1 saturated heterocycles. The van der Waals surface area contributed by atoms with Crippen molar-refractivity contribution in [3.63, 3.8) is 0 Å². The monoisotopic (exact) mass is 326 g/mol. The van der Waals surface area contributed by atoms with Crippen molar-refractivity contribution in [2.45, 2.75) is 19.1 Å². The smallest absolute Gasteiger partial charge is 0.279 e. The molecule has 1 aromatic heterocycles. The topological polar surface area (TPSA) is 45.6 Å². The zero-order chi connectivity index (χ0) is 15.6. The second kappa shape index (κ2) is 6.28. The lowest BCUT2D eigenvalue weighted by atomic mass is 10.2. The summed E-state index contributed by atoms with van der Waals surface area (Å²) in [6.45, 7) is 2.60. The molecule has 5 heteroatoms. The molecule has 118 valence electrons. The number of ether oxygens (including phenoxy) is 1. The van der Waals surface area contributed by atoms with Crippen LogP contribution in [0, 0.1) is 0 Å². The molecule has 0 radical (unpaired) electrons. The van der Waals surface area contributed by atoms with Crippen molar-refractivity contribution in [3.05, 3.63) is 54.1 Å². The fourth-order valence-corrected chi connectivity index (χ4v) is 3.71. The Labute approximate surface area is 139 Å². The normalized spacial score (nSPS) is 18.6. The second-order valence-corrected chi connectivity index (χ2v) is 6.86. The highest BCUT2D eigenvalue weighted by molar-refractivity contribution is 7.20. The molecule has 0 bridgehead atoms. The minimum atomic E-state index is -0.170. The number of para-hydroxylation sites is 1. The zero-order valence-corrected chi connectivity index (χ0v) is 13.5. The fraction of sp³-hybridized carbons (Fsp3) is 0.278. The van der Waals surface area contributed by atoms with Crippen LogP contribution in [0.25, 0.3) is 10.2 Å². The number of aliphatic hydroxyl groups excluding tert-OH is 1. The third-order valence-corrected chi connectivity index (χ3v) is 4.97. The van der Waals surface area contributed by atoms with Gasteiger partial charge in [0.15, 0.2) is 0 Å². The number of thiazole rings is 1. The Bertz CT molecular complexity index is 767. The Kier molecular flexibility index (Phi) is 3.99. The van der Waals surface area contributed by atoms with Crippen molar-refractivity contribution >= 4 is 21.6 Å². The predicted octanol–water partition coefficient (Wildman–Crippen LogP) is 3.66. The zero-order valence-electron chi connectivity index (χ0n) is 12.7. The van der Waals surface area contributed by atoms with Gasteiger partial charge in [-0.05, 0) is 36.2 Å². The molecule has 1 N–H and O–H groups in total. The molecular weight excluding hydrogens is 308 g/mol. The molecule has 1 fully saturated rings. The average molecular weight is 326 g/mol. The molecule has 23 heavy (non-hydrogen) atoms. The van der Waals surface area contributed by atoms with Crippen molar-refractivity contribution in [3.8, 4) is 10.9 Å². The maximum Gasteiger partial charge on any atom is 0.279 e. The van der Waals surface area contributed by atoms with E-state index in [0.29, 0.717) is 5.19 Å². The third kappa shape index (κ3) is 3.37. The summed E-state index contributed by atoms with van der Waals surface area (Å²) in [4.78, 5) is 6.75. The van der Waals surface area contributed by atoms with Gasteiger partial charge in [-0.15, -0.1) is 0 Å². The lowest BCUT2D eigenvalue weighted by Crippen LogP contribution is -2.21. The molecule has 1 aliphatic heterocycles. The molecule has 1 atom stereocenters. The van der Waals surface area contributed by atoms with Crippen LogP contribution in [0.2, 0.25) is 0 Å². The van der Waals surface area contributed by atoms with E-state index in [1.165, 1.54) is 5.56 Å².